The van der Waals surface area contributed by atoms with E-state index >= 15 is 0 Å². The molecule has 3 aromatic carbocycles. The lowest BCUT2D eigenvalue weighted by atomic mass is 10.0. The maximum atomic E-state index is 12.9. The number of carbonyl (C=O) groups is 2. The van der Waals surface area contributed by atoms with Gasteiger partial charge in [-0.1, -0.05) is 68.4 Å². The summed E-state index contributed by atoms with van der Waals surface area (Å²) >= 11 is -2.43. The van der Waals surface area contributed by atoms with Gasteiger partial charge in [0.2, 0.25) is 5.91 Å². The molecule has 0 saturated heterocycles. The van der Waals surface area contributed by atoms with Crippen LogP contribution in [-0.2, 0) is 32.0 Å². The zero-order valence-electron chi connectivity index (χ0n) is 21.8. The number of rotatable bonds is 9. The Labute approximate surface area is 221 Å². The van der Waals surface area contributed by atoms with Crippen LogP contribution < -0.4 is 9.62 Å². The number of hydrogen-bond acceptors (Lipinski definition) is 4. The maximum Gasteiger partial charge on any atom is 0.330 e. The molecule has 2 N–H and O–H groups in total. The second kappa shape index (κ2) is 12.2. The van der Waals surface area contributed by atoms with Crippen molar-refractivity contribution in [2.45, 2.75) is 52.7 Å². The van der Waals surface area contributed by atoms with Gasteiger partial charge >= 0.3 is 5.97 Å². The Morgan fingerprint density at radius 2 is 1.46 bits per heavy atom. The summed E-state index contributed by atoms with van der Waals surface area (Å²) in [5, 5.41) is 2.88. The molecule has 0 bridgehead atoms. The van der Waals surface area contributed by atoms with Gasteiger partial charge in [0.05, 0.1) is 12.1 Å². The van der Waals surface area contributed by atoms with E-state index in [2.05, 4.69) is 5.32 Å². The normalized spacial score (nSPS) is 13.1. The highest BCUT2D eigenvalue weighted by molar-refractivity contribution is 7.80. The quantitative estimate of drug-likeness (QED) is 0.272. The molecule has 7 nitrogen and oxygen atoms in total. The largest absolute Gasteiger partial charge is 0.458 e. The van der Waals surface area contributed by atoms with Gasteiger partial charge < -0.3 is 10.1 Å². The van der Waals surface area contributed by atoms with Gasteiger partial charge in [0.1, 0.15) is 11.6 Å². The Kier molecular flexibility index (Phi) is 9.23. The molecule has 0 aromatic heterocycles. The van der Waals surface area contributed by atoms with Gasteiger partial charge in [-0.05, 0) is 67.6 Å². The molecule has 3 aromatic rings. The van der Waals surface area contributed by atoms with Gasteiger partial charge in [0.15, 0.2) is 0 Å². The lowest BCUT2D eigenvalue weighted by molar-refractivity contribution is -0.157. The fourth-order valence-electron chi connectivity index (χ4n) is 3.88. The lowest BCUT2D eigenvalue weighted by Gasteiger charge is -2.33. The summed E-state index contributed by atoms with van der Waals surface area (Å²) in [6, 6.07) is 23.1. The molecule has 2 atom stereocenters. The minimum absolute atomic E-state index is 0.0925. The molecular weight excluding hydrogens is 488 g/mol. The average Bonchev–Trinajstić information content (AvgIpc) is 2.82. The zero-order chi connectivity index (χ0) is 27.2. The summed E-state index contributed by atoms with van der Waals surface area (Å²) in [5.41, 5.74) is 3.18. The number of benzene rings is 3. The molecule has 3 rings (SSSR count). The van der Waals surface area contributed by atoms with Crippen molar-refractivity contribution in [1.82, 2.24) is 0 Å². The summed E-state index contributed by atoms with van der Waals surface area (Å²) in [6.45, 7) is 8.91. The van der Waals surface area contributed by atoms with Crippen LogP contribution in [0.15, 0.2) is 78.9 Å². The highest BCUT2D eigenvalue weighted by Crippen LogP contribution is 2.28. The van der Waals surface area contributed by atoms with E-state index in [1.54, 1.807) is 32.9 Å². The summed E-state index contributed by atoms with van der Waals surface area (Å²) in [4.78, 5) is 25.2. The maximum absolute atomic E-state index is 12.9. The van der Waals surface area contributed by atoms with Crippen molar-refractivity contribution in [3.63, 3.8) is 0 Å². The van der Waals surface area contributed by atoms with Crippen LogP contribution in [0.3, 0.4) is 0 Å². The van der Waals surface area contributed by atoms with Gasteiger partial charge in [0.25, 0.3) is 11.3 Å². The number of amides is 1. The van der Waals surface area contributed by atoms with Crippen LogP contribution in [0.25, 0.3) is 11.1 Å². The molecule has 0 aliphatic rings. The Morgan fingerprint density at radius 1 is 0.919 bits per heavy atom. The van der Waals surface area contributed by atoms with Crippen LogP contribution in [-0.4, -0.2) is 32.3 Å². The fraction of sp³-hybridized carbons (Fsp3) is 0.310. The number of para-hydroxylation sites is 1. The number of anilines is 2. The second-order valence-corrected chi connectivity index (χ2v) is 11.0. The monoisotopic (exact) mass is 522 g/mol. The van der Waals surface area contributed by atoms with E-state index in [9.17, 15) is 18.4 Å². The van der Waals surface area contributed by atoms with Crippen molar-refractivity contribution in [2.24, 2.45) is 5.92 Å². The van der Waals surface area contributed by atoms with Crippen molar-refractivity contribution >= 4 is 34.5 Å². The summed E-state index contributed by atoms with van der Waals surface area (Å²) in [5.74, 6) is -0.914. The summed E-state index contributed by atoms with van der Waals surface area (Å²) in [6.07, 6.45) is 0.257. The lowest BCUT2D eigenvalue weighted by Crippen LogP contribution is -2.48. The number of carbonyl (C=O) groups excluding carboxylic acids is 2. The van der Waals surface area contributed by atoms with Gasteiger partial charge in [-0.15, -0.1) is 0 Å². The SMILES string of the molecule is CC(C)C(C(=O)OC(C)(C)C)N(c1ccc(-c2ccc(CC(=O)Nc3ccccc3)cc2)cc1)S(=O)O. The van der Waals surface area contributed by atoms with E-state index in [4.69, 9.17) is 4.74 Å². The summed E-state index contributed by atoms with van der Waals surface area (Å²) < 4.78 is 29.1. The van der Waals surface area contributed by atoms with Gasteiger partial charge in [-0.25, -0.2) is 9.00 Å². The minimum atomic E-state index is -2.43. The zero-order valence-corrected chi connectivity index (χ0v) is 22.6. The first kappa shape index (κ1) is 28.1. The van der Waals surface area contributed by atoms with Gasteiger partial charge in [0, 0.05) is 5.69 Å². The number of ether oxygens (including phenoxy) is 1. The molecule has 37 heavy (non-hydrogen) atoms. The highest BCUT2D eigenvalue weighted by Gasteiger charge is 2.36. The molecular formula is C29H34N2O5S. The number of esters is 1. The van der Waals surface area contributed by atoms with Crippen molar-refractivity contribution in [1.29, 1.82) is 0 Å². The Bertz CT molecular complexity index is 1220. The fourth-order valence-corrected chi connectivity index (χ4v) is 4.70. The van der Waals surface area contributed by atoms with Gasteiger partial charge in [-0.2, -0.15) is 0 Å². The van der Waals surface area contributed by atoms with Crippen LogP contribution in [0.2, 0.25) is 0 Å². The molecule has 0 saturated carbocycles. The smallest absolute Gasteiger partial charge is 0.330 e. The number of nitrogens with zero attached hydrogens (tertiary/aromatic N) is 1. The van der Waals surface area contributed by atoms with Crippen molar-refractivity contribution in [3.05, 3.63) is 84.4 Å². The van der Waals surface area contributed by atoms with Crippen molar-refractivity contribution < 1.29 is 23.1 Å². The molecule has 0 spiro atoms. The number of nitrogens with one attached hydrogen (secondary N) is 1. The van der Waals surface area contributed by atoms with E-state index in [0.29, 0.717) is 5.69 Å². The second-order valence-electron chi connectivity index (χ2n) is 10.1. The predicted octanol–water partition coefficient (Wildman–Crippen LogP) is 5.84. The van der Waals surface area contributed by atoms with Crippen molar-refractivity contribution in [3.8, 4) is 11.1 Å². The van der Waals surface area contributed by atoms with Crippen LogP contribution in [0, 0.1) is 5.92 Å². The molecule has 0 heterocycles. The molecule has 1 amide bonds. The van der Waals surface area contributed by atoms with E-state index in [0.717, 1.165) is 22.4 Å². The molecule has 0 aliphatic heterocycles. The minimum Gasteiger partial charge on any atom is -0.458 e. The van der Waals surface area contributed by atoms with Crippen LogP contribution in [0.1, 0.15) is 40.2 Å². The topological polar surface area (TPSA) is 95.9 Å². The van der Waals surface area contributed by atoms with E-state index in [1.807, 2.05) is 80.6 Å². The third-order valence-corrected chi connectivity index (χ3v) is 6.31. The van der Waals surface area contributed by atoms with Crippen LogP contribution in [0.4, 0.5) is 11.4 Å². The molecule has 0 fully saturated rings. The Hall–Kier alpha value is -3.49. The first-order chi connectivity index (χ1) is 17.4. The van der Waals surface area contributed by atoms with E-state index in [-0.39, 0.29) is 18.2 Å². The Morgan fingerprint density at radius 3 is 1.95 bits per heavy atom. The molecule has 2 unspecified atom stereocenters. The average molecular weight is 523 g/mol. The molecule has 0 radical (unpaired) electrons. The molecule has 196 valence electrons. The van der Waals surface area contributed by atoms with Crippen molar-refractivity contribution in [2.75, 3.05) is 9.62 Å². The highest BCUT2D eigenvalue weighted by atomic mass is 32.2. The molecule has 8 heteroatoms. The van der Waals surface area contributed by atoms with Crippen LogP contribution in [0.5, 0.6) is 0 Å². The third kappa shape index (κ3) is 8.00. The molecule has 0 aliphatic carbocycles. The Balaban J connectivity index is 1.74. The first-order valence-electron chi connectivity index (χ1n) is 12.1. The van der Waals surface area contributed by atoms with Crippen LogP contribution >= 0.6 is 0 Å². The summed E-state index contributed by atoms with van der Waals surface area (Å²) in [7, 11) is 0. The van der Waals surface area contributed by atoms with Gasteiger partial charge in [-0.3, -0.25) is 13.7 Å². The van der Waals surface area contributed by atoms with E-state index in [1.165, 1.54) is 4.31 Å². The standard InChI is InChI=1S/C29H34N2O5S/c1-20(2)27(28(33)36-29(3,4)5)31(37(34)35)25-17-15-23(16-18-25)22-13-11-21(12-14-22)19-26(32)30-24-9-7-6-8-10-24/h6-18,20,27H,19H2,1-5H3,(H,30,32)(H,34,35). The first-order valence-corrected chi connectivity index (χ1v) is 13.2. The predicted molar refractivity (Wildman–Crippen MR) is 148 cm³/mol. The van der Waals surface area contributed by atoms with E-state index < -0.39 is 28.9 Å². The third-order valence-electron chi connectivity index (χ3n) is 5.53. The number of hydrogen-bond donors (Lipinski definition) is 2.